The lowest BCUT2D eigenvalue weighted by Gasteiger charge is -2.23. The number of nitrogens with one attached hydrogen (secondary N) is 1. The lowest BCUT2D eigenvalue weighted by molar-refractivity contribution is -0.145. The van der Waals surface area contributed by atoms with Crippen molar-refractivity contribution in [3.63, 3.8) is 0 Å². The van der Waals surface area contributed by atoms with Crippen LogP contribution in [0, 0.1) is 5.92 Å². The smallest absolute Gasteiger partial charge is 0.344 e. The lowest BCUT2D eigenvalue weighted by Crippen LogP contribution is -2.45. The summed E-state index contributed by atoms with van der Waals surface area (Å²) < 4.78 is 35.9. The van der Waals surface area contributed by atoms with Crippen molar-refractivity contribution in [2.45, 2.75) is 32.0 Å². The third-order valence-corrected chi connectivity index (χ3v) is 2.91. The second kappa shape index (κ2) is 5.03. The molecule has 2 unspecified atom stereocenters. The molecule has 0 saturated carbocycles. The molecule has 1 amide bonds. The van der Waals surface area contributed by atoms with E-state index in [1.54, 1.807) is 0 Å². The number of rotatable bonds is 3. The number of nitrogens with zero attached hydrogens (tertiary/aromatic N) is 1. The third-order valence-electron chi connectivity index (χ3n) is 2.91. The number of halogens is 3. The molecule has 0 radical (unpaired) electrons. The van der Waals surface area contributed by atoms with Crippen LogP contribution in [0.3, 0.4) is 0 Å². The van der Waals surface area contributed by atoms with Crippen LogP contribution < -0.4 is 5.32 Å². The highest BCUT2D eigenvalue weighted by atomic mass is 19.4. The first-order valence-electron chi connectivity index (χ1n) is 5.36. The molecule has 1 N–H and O–H groups in total. The normalized spacial score (nSPS) is 25.8. The van der Waals surface area contributed by atoms with Crippen LogP contribution in [0.5, 0.6) is 0 Å². The summed E-state index contributed by atoms with van der Waals surface area (Å²) in [5.41, 5.74) is 0. The Labute approximate surface area is 93.0 Å². The van der Waals surface area contributed by atoms with Crippen molar-refractivity contribution in [2.75, 3.05) is 20.1 Å². The molecule has 16 heavy (non-hydrogen) atoms. The van der Waals surface area contributed by atoms with E-state index in [1.165, 1.54) is 7.05 Å². The first kappa shape index (κ1) is 13.3. The predicted molar refractivity (Wildman–Crippen MR) is 53.9 cm³/mol. The van der Waals surface area contributed by atoms with Gasteiger partial charge in [0, 0.05) is 13.6 Å². The van der Waals surface area contributed by atoms with Gasteiger partial charge in [0.05, 0.1) is 12.5 Å². The second-order valence-corrected chi connectivity index (χ2v) is 4.32. The summed E-state index contributed by atoms with van der Waals surface area (Å²) in [5.74, 6) is -0.0462. The van der Waals surface area contributed by atoms with E-state index in [2.05, 4.69) is 5.32 Å². The number of hydrogen-bond donors (Lipinski definition) is 1. The summed E-state index contributed by atoms with van der Waals surface area (Å²) in [5, 5.41) is 3.01. The number of hydrogen-bond acceptors (Lipinski definition) is 2. The van der Waals surface area contributed by atoms with Gasteiger partial charge >= 0.3 is 6.18 Å². The van der Waals surface area contributed by atoms with Crippen LogP contribution in [-0.4, -0.2) is 43.2 Å². The van der Waals surface area contributed by atoms with E-state index >= 15 is 0 Å². The van der Waals surface area contributed by atoms with Gasteiger partial charge in [0.25, 0.3) is 0 Å². The van der Waals surface area contributed by atoms with Crippen molar-refractivity contribution in [1.82, 2.24) is 10.2 Å². The van der Waals surface area contributed by atoms with E-state index in [4.69, 9.17) is 0 Å². The first-order valence-corrected chi connectivity index (χ1v) is 5.36. The van der Waals surface area contributed by atoms with Crippen LogP contribution in [0.2, 0.25) is 0 Å². The van der Waals surface area contributed by atoms with Gasteiger partial charge < -0.3 is 10.2 Å². The number of alkyl halides is 3. The molecule has 0 aromatic carbocycles. The van der Waals surface area contributed by atoms with Crippen LogP contribution in [-0.2, 0) is 4.79 Å². The number of likely N-dealkylation sites (N-methyl/N-ethyl adjacent to an activating group) is 1. The topological polar surface area (TPSA) is 32.3 Å². The van der Waals surface area contributed by atoms with E-state index in [-0.39, 0.29) is 24.4 Å². The Bertz CT molecular complexity index is 255. The van der Waals surface area contributed by atoms with Crippen LogP contribution in [0.25, 0.3) is 0 Å². The fraction of sp³-hybridized carbons (Fsp3) is 0.900. The summed E-state index contributed by atoms with van der Waals surface area (Å²) in [6.07, 6.45) is -4.26. The molecule has 3 nitrogen and oxygen atoms in total. The summed E-state index contributed by atoms with van der Waals surface area (Å²) in [6.45, 7) is 2.41. The average Bonchev–Trinajstić information content (AvgIpc) is 2.58. The molecule has 6 heteroatoms. The fourth-order valence-electron chi connectivity index (χ4n) is 1.81. The second-order valence-electron chi connectivity index (χ2n) is 4.32. The maximum atomic E-state index is 12.0. The highest BCUT2D eigenvalue weighted by Gasteiger charge is 2.33. The van der Waals surface area contributed by atoms with Crippen molar-refractivity contribution in [3.05, 3.63) is 0 Å². The number of carbonyl (C=O) groups is 1. The molecule has 0 spiro atoms. The zero-order chi connectivity index (χ0) is 12.3. The fourth-order valence-corrected chi connectivity index (χ4v) is 1.81. The largest absolute Gasteiger partial charge is 0.390 e. The van der Waals surface area contributed by atoms with Crippen LogP contribution in [0.4, 0.5) is 13.2 Å². The Morgan fingerprint density at radius 1 is 1.50 bits per heavy atom. The quantitative estimate of drug-likeness (QED) is 0.806. The average molecular weight is 238 g/mol. The summed E-state index contributed by atoms with van der Waals surface area (Å²) >= 11 is 0. The molecule has 0 aromatic heterocycles. The minimum Gasteiger partial charge on any atom is -0.344 e. The van der Waals surface area contributed by atoms with Gasteiger partial charge in [-0.3, -0.25) is 4.79 Å². The number of amides is 1. The molecule has 1 aliphatic heterocycles. The van der Waals surface area contributed by atoms with Crippen molar-refractivity contribution in [3.8, 4) is 0 Å². The van der Waals surface area contributed by atoms with Gasteiger partial charge in [0.1, 0.15) is 0 Å². The highest BCUT2D eigenvalue weighted by molar-refractivity contribution is 5.82. The molecule has 1 aliphatic rings. The zero-order valence-corrected chi connectivity index (χ0v) is 9.47. The SMILES string of the molecule is CC1CCNC1C(=O)N(C)CCC(F)(F)F. The molecule has 0 aliphatic carbocycles. The Kier molecular flexibility index (Phi) is 4.18. The summed E-state index contributed by atoms with van der Waals surface area (Å²) in [4.78, 5) is 12.9. The zero-order valence-electron chi connectivity index (χ0n) is 9.47. The standard InChI is InChI=1S/C10H17F3N2O/c1-7-3-5-14-8(7)9(16)15(2)6-4-10(11,12)13/h7-8,14H,3-6H2,1-2H3. The Morgan fingerprint density at radius 2 is 2.12 bits per heavy atom. The Hall–Kier alpha value is -0.780. The van der Waals surface area contributed by atoms with Crippen molar-refractivity contribution in [1.29, 1.82) is 0 Å². The van der Waals surface area contributed by atoms with Crippen LogP contribution in [0.15, 0.2) is 0 Å². The van der Waals surface area contributed by atoms with Gasteiger partial charge in [-0.1, -0.05) is 6.92 Å². The van der Waals surface area contributed by atoms with Crippen molar-refractivity contribution >= 4 is 5.91 Å². The number of carbonyl (C=O) groups excluding carboxylic acids is 1. The van der Waals surface area contributed by atoms with E-state index in [0.29, 0.717) is 0 Å². The van der Waals surface area contributed by atoms with Crippen molar-refractivity contribution in [2.24, 2.45) is 5.92 Å². The molecule has 0 bridgehead atoms. The first-order chi connectivity index (χ1) is 7.31. The Morgan fingerprint density at radius 3 is 2.56 bits per heavy atom. The van der Waals surface area contributed by atoms with E-state index in [9.17, 15) is 18.0 Å². The highest BCUT2D eigenvalue weighted by Crippen LogP contribution is 2.21. The predicted octanol–water partition coefficient (Wildman–Crippen LogP) is 1.40. The molecule has 94 valence electrons. The molecular formula is C10H17F3N2O. The Balaban J connectivity index is 2.41. The van der Waals surface area contributed by atoms with E-state index < -0.39 is 12.6 Å². The van der Waals surface area contributed by atoms with Gasteiger partial charge in [-0.25, -0.2) is 0 Å². The molecule has 1 rings (SSSR count). The van der Waals surface area contributed by atoms with Gasteiger partial charge in [-0.05, 0) is 18.9 Å². The molecule has 1 fully saturated rings. The third kappa shape index (κ3) is 3.66. The summed E-state index contributed by atoms with van der Waals surface area (Å²) in [7, 11) is 1.42. The van der Waals surface area contributed by atoms with E-state index in [0.717, 1.165) is 17.9 Å². The lowest BCUT2D eigenvalue weighted by atomic mass is 10.0. The molecule has 1 heterocycles. The van der Waals surface area contributed by atoms with Crippen LogP contribution >= 0.6 is 0 Å². The molecule has 0 aromatic rings. The maximum Gasteiger partial charge on any atom is 0.390 e. The van der Waals surface area contributed by atoms with Gasteiger partial charge in [-0.2, -0.15) is 13.2 Å². The maximum absolute atomic E-state index is 12.0. The molecule has 1 saturated heterocycles. The monoisotopic (exact) mass is 238 g/mol. The van der Waals surface area contributed by atoms with E-state index in [1.807, 2.05) is 6.92 Å². The van der Waals surface area contributed by atoms with Gasteiger partial charge in [-0.15, -0.1) is 0 Å². The minimum absolute atomic E-state index is 0.195. The van der Waals surface area contributed by atoms with Gasteiger partial charge in [0.2, 0.25) is 5.91 Å². The van der Waals surface area contributed by atoms with Crippen molar-refractivity contribution < 1.29 is 18.0 Å². The minimum atomic E-state index is -4.21. The van der Waals surface area contributed by atoms with Gasteiger partial charge in [0.15, 0.2) is 0 Å². The summed E-state index contributed by atoms with van der Waals surface area (Å²) in [6, 6.07) is -0.321. The van der Waals surface area contributed by atoms with Crippen LogP contribution in [0.1, 0.15) is 19.8 Å². The molecule has 2 atom stereocenters. The molecular weight excluding hydrogens is 221 g/mol.